The van der Waals surface area contributed by atoms with Crippen molar-refractivity contribution in [3.05, 3.63) is 23.0 Å². The number of hydrogen-bond acceptors (Lipinski definition) is 4. The number of ether oxygens (including phenoxy) is 2. The summed E-state index contributed by atoms with van der Waals surface area (Å²) in [6.07, 6.45) is 2.79. The van der Waals surface area contributed by atoms with Crippen LogP contribution in [0.3, 0.4) is 0 Å². The lowest BCUT2D eigenvalue weighted by atomic mass is 10.1. The van der Waals surface area contributed by atoms with Gasteiger partial charge in [-0.1, -0.05) is 13.8 Å². The summed E-state index contributed by atoms with van der Waals surface area (Å²) in [5.41, 5.74) is 3.02. The molecule has 0 aromatic carbocycles. The smallest absolute Gasteiger partial charge is 0.191 e. The van der Waals surface area contributed by atoms with E-state index in [4.69, 9.17) is 9.47 Å². The Labute approximate surface area is 152 Å². The maximum Gasteiger partial charge on any atom is 0.191 e. The molecule has 142 valence electrons. The molecule has 0 radical (unpaired) electrons. The summed E-state index contributed by atoms with van der Waals surface area (Å²) < 4.78 is 11.1. The number of hydrogen-bond donors (Lipinski definition) is 2. The van der Waals surface area contributed by atoms with Gasteiger partial charge in [0.15, 0.2) is 5.96 Å². The largest absolute Gasteiger partial charge is 0.496 e. The Morgan fingerprint density at radius 3 is 2.68 bits per heavy atom. The van der Waals surface area contributed by atoms with E-state index < -0.39 is 0 Å². The van der Waals surface area contributed by atoms with E-state index in [1.54, 1.807) is 7.11 Å². The van der Waals surface area contributed by atoms with Crippen molar-refractivity contribution in [2.45, 2.75) is 47.6 Å². The average Bonchev–Trinajstić information content (AvgIpc) is 2.57. The molecule has 0 atom stereocenters. The van der Waals surface area contributed by atoms with Crippen LogP contribution in [-0.2, 0) is 11.3 Å². The van der Waals surface area contributed by atoms with Gasteiger partial charge >= 0.3 is 0 Å². The molecule has 1 aromatic rings. The van der Waals surface area contributed by atoms with Crippen LogP contribution >= 0.6 is 0 Å². The Bertz CT molecular complexity index is 544. The van der Waals surface area contributed by atoms with E-state index in [9.17, 15) is 0 Å². The van der Waals surface area contributed by atoms with Gasteiger partial charge in [-0.05, 0) is 33.1 Å². The third-order valence-corrected chi connectivity index (χ3v) is 3.69. The Morgan fingerprint density at radius 2 is 2.04 bits per heavy atom. The van der Waals surface area contributed by atoms with Gasteiger partial charge < -0.3 is 20.1 Å². The number of aromatic nitrogens is 1. The van der Waals surface area contributed by atoms with Crippen molar-refractivity contribution in [1.82, 2.24) is 15.6 Å². The molecule has 6 nitrogen and oxygen atoms in total. The van der Waals surface area contributed by atoms with Crippen LogP contribution in [0.2, 0.25) is 0 Å². The molecule has 0 fully saturated rings. The molecule has 0 saturated carbocycles. The number of aliphatic imine (C=N–C) groups is 1. The van der Waals surface area contributed by atoms with Gasteiger partial charge in [-0.3, -0.25) is 4.98 Å². The van der Waals surface area contributed by atoms with Crippen LogP contribution in [0.15, 0.2) is 11.2 Å². The van der Waals surface area contributed by atoms with Crippen LogP contribution in [0.1, 0.15) is 44.0 Å². The van der Waals surface area contributed by atoms with E-state index >= 15 is 0 Å². The molecule has 0 amide bonds. The molecule has 25 heavy (non-hydrogen) atoms. The molecular weight excluding hydrogens is 316 g/mol. The third kappa shape index (κ3) is 7.73. The summed E-state index contributed by atoms with van der Waals surface area (Å²) in [6.45, 7) is 14.1. The van der Waals surface area contributed by atoms with Gasteiger partial charge in [-0.15, -0.1) is 0 Å². The Morgan fingerprint density at radius 1 is 1.28 bits per heavy atom. The number of aryl methyl sites for hydroxylation is 1. The van der Waals surface area contributed by atoms with Crippen LogP contribution in [0.25, 0.3) is 0 Å². The molecule has 0 saturated heterocycles. The van der Waals surface area contributed by atoms with Crippen molar-refractivity contribution in [2.24, 2.45) is 10.9 Å². The summed E-state index contributed by atoms with van der Waals surface area (Å²) in [4.78, 5) is 9.12. The van der Waals surface area contributed by atoms with Crippen LogP contribution in [0, 0.1) is 19.8 Å². The van der Waals surface area contributed by atoms with E-state index in [-0.39, 0.29) is 0 Å². The van der Waals surface area contributed by atoms with Crippen molar-refractivity contribution >= 4 is 5.96 Å². The zero-order chi connectivity index (χ0) is 18.7. The van der Waals surface area contributed by atoms with E-state index in [1.165, 1.54) is 0 Å². The van der Waals surface area contributed by atoms with Gasteiger partial charge in [0.25, 0.3) is 0 Å². The van der Waals surface area contributed by atoms with Crippen LogP contribution in [-0.4, -0.2) is 44.4 Å². The van der Waals surface area contributed by atoms with Gasteiger partial charge in [0.05, 0.1) is 19.3 Å². The summed E-state index contributed by atoms with van der Waals surface area (Å²) in [6, 6.07) is 0. The first-order valence-electron chi connectivity index (χ1n) is 9.08. The molecule has 6 heteroatoms. The zero-order valence-corrected chi connectivity index (χ0v) is 16.6. The van der Waals surface area contributed by atoms with Gasteiger partial charge in [-0.25, -0.2) is 4.99 Å². The molecule has 2 N–H and O–H groups in total. The van der Waals surface area contributed by atoms with Crippen LogP contribution in [0.5, 0.6) is 5.75 Å². The maximum atomic E-state index is 5.59. The molecule has 1 rings (SSSR count). The number of pyridine rings is 1. The molecule has 0 spiro atoms. The van der Waals surface area contributed by atoms with Crippen molar-refractivity contribution in [3.63, 3.8) is 0 Å². The van der Waals surface area contributed by atoms with Crippen molar-refractivity contribution in [1.29, 1.82) is 0 Å². The second-order valence-electron chi connectivity index (χ2n) is 6.49. The number of nitrogens with one attached hydrogen (secondary N) is 2. The highest BCUT2D eigenvalue weighted by Crippen LogP contribution is 2.24. The summed E-state index contributed by atoms with van der Waals surface area (Å²) in [5, 5.41) is 6.60. The SMILES string of the molecule is CCNC(=NCc1ncc(C)c(OC)c1C)NCCCOCC(C)C. The van der Waals surface area contributed by atoms with Gasteiger partial charge in [0, 0.05) is 43.6 Å². The fraction of sp³-hybridized carbons (Fsp3) is 0.684. The quantitative estimate of drug-likeness (QED) is 0.386. The topological polar surface area (TPSA) is 67.8 Å². The first-order valence-corrected chi connectivity index (χ1v) is 9.08. The highest BCUT2D eigenvalue weighted by molar-refractivity contribution is 5.79. The maximum absolute atomic E-state index is 5.59. The zero-order valence-electron chi connectivity index (χ0n) is 16.6. The number of rotatable bonds is 10. The lowest BCUT2D eigenvalue weighted by Crippen LogP contribution is -2.38. The Hall–Kier alpha value is -1.82. The summed E-state index contributed by atoms with van der Waals surface area (Å²) >= 11 is 0. The average molecular weight is 351 g/mol. The number of nitrogens with zero attached hydrogens (tertiary/aromatic N) is 2. The minimum atomic E-state index is 0.516. The second kappa shape index (κ2) is 11.7. The first kappa shape index (κ1) is 21.2. The predicted molar refractivity (Wildman–Crippen MR) is 103 cm³/mol. The van der Waals surface area contributed by atoms with Gasteiger partial charge in [0.1, 0.15) is 5.75 Å². The first-order chi connectivity index (χ1) is 12.0. The lowest BCUT2D eigenvalue weighted by Gasteiger charge is -2.13. The number of guanidine groups is 1. The third-order valence-electron chi connectivity index (χ3n) is 3.69. The van der Waals surface area contributed by atoms with E-state index in [0.29, 0.717) is 12.5 Å². The fourth-order valence-electron chi connectivity index (χ4n) is 2.43. The molecule has 0 aliphatic heterocycles. The minimum Gasteiger partial charge on any atom is -0.496 e. The number of methoxy groups -OCH3 is 1. The standard InChI is InChI=1S/C19H34N4O2/c1-7-20-19(21-9-8-10-25-13-14(2)3)23-12-17-16(5)18(24-6)15(4)11-22-17/h11,14H,7-10,12-13H2,1-6H3,(H2,20,21,23). The molecule has 1 aromatic heterocycles. The normalized spacial score (nSPS) is 11.7. The van der Waals surface area contributed by atoms with Gasteiger partial charge in [0.2, 0.25) is 0 Å². The van der Waals surface area contributed by atoms with Crippen LogP contribution < -0.4 is 15.4 Å². The Balaban J connectivity index is 2.55. The summed E-state index contributed by atoms with van der Waals surface area (Å²) in [7, 11) is 1.69. The van der Waals surface area contributed by atoms with E-state index in [2.05, 4.69) is 41.4 Å². The van der Waals surface area contributed by atoms with E-state index in [0.717, 1.165) is 61.3 Å². The lowest BCUT2D eigenvalue weighted by molar-refractivity contribution is 0.108. The minimum absolute atomic E-state index is 0.516. The summed E-state index contributed by atoms with van der Waals surface area (Å²) in [5.74, 6) is 2.27. The highest BCUT2D eigenvalue weighted by Gasteiger charge is 2.09. The van der Waals surface area contributed by atoms with Crippen LogP contribution in [0.4, 0.5) is 0 Å². The monoisotopic (exact) mass is 350 g/mol. The highest BCUT2D eigenvalue weighted by atomic mass is 16.5. The molecular formula is C19H34N4O2. The van der Waals surface area contributed by atoms with Gasteiger partial charge in [-0.2, -0.15) is 0 Å². The predicted octanol–water partition coefficient (Wildman–Crippen LogP) is 2.82. The van der Waals surface area contributed by atoms with Crippen molar-refractivity contribution in [3.8, 4) is 5.75 Å². The molecule has 0 aliphatic rings. The molecule has 0 unspecified atom stereocenters. The Kier molecular flexibility index (Phi) is 9.92. The fourth-order valence-corrected chi connectivity index (χ4v) is 2.43. The molecule has 1 heterocycles. The molecule has 0 bridgehead atoms. The van der Waals surface area contributed by atoms with Crippen molar-refractivity contribution < 1.29 is 9.47 Å². The molecule has 0 aliphatic carbocycles. The van der Waals surface area contributed by atoms with E-state index in [1.807, 2.05) is 20.0 Å². The van der Waals surface area contributed by atoms with Crippen molar-refractivity contribution in [2.75, 3.05) is 33.4 Å². The second-order valence-corrected chi connectivity index (χ2v) is 6.49.